The molecule has 2 unspecified atom stereocenters. The quantitative estimate of drug-likeness (QED) is 0.565. The zero-order valence-corrected chi connectivity index (χ0v) is 20.2. The number of pyridine rings is 1. The summed E-state index contributed by atoms with van der Waals surface area (Å²) < 4.78 is 0. The van der Waals surface area contributed by atoms with E-state index in [2.05, 4.69) is 63.3 Å². The first kappa shape index (κ1) is 23.8. The number of amides is 1. The molecule has 7 nitrogen and oxygen atoms in total. The van der Waals surface area contributed by atoms with Gasteiger partial charge in [-0.1, -0.05) is 38.1 Å². The molecule has 0 saturated carbocycles. The molecule has 0 spiro atoms. The Morgan fingerprint density at radius 2 is 1.82 bits per heavy atom. The van der Waals surface area contributed by atoms with Crippen LogP contribution in [0.4, 0.5) is 0 Å². The van der Waals surface area contributed by atoms with Crippen molar-refractivity contribution in [1.29, 1.82) is 0 Å². The van der Waals surface area contributed by atoms with Crippen LogP contribution in [-0.4, -0.2) is 38.8 Å². The van der Waals surface area contributed by atoms with E-state index in [4.69, 9.17) is 0 Å². The summed E-state index contributed by atoms with van der Waals surface area (Å²) in [6.07, 6.45) is 4.61. The Kier molecular flexibility index (Phi) is 7.53. The SMILES string of the molecule is Cc1nc(-c2cccnc2)[nH]c(=O)c1CC(=O)NCc1ccc(CN2CC(C)CC(C)C2)cc1. The number of nitrogens with one attached hydrogen (secondary N) is 2. The fourth-order valence-electron chi connectivity index (χ4n) is 4.82. The van der Waals surface area contributed by atoms with E-state index in [1.54, 1.807) is 25.4 Å². The van der Waals surface area contributed by atoms with Gasteiger partial charge in [0.2, 0.25) is 5.91 Å². The number of hydrogen-bond acceptors (Lipinski definition) is 5. The summed E-state index contributed by atoms with van der Waals surface area (Å²) in [6, 6.07) is 12.0. The van der Waals surface area contributed by atoms with Gasteiger partial charge in [-0.3, -0.25) is 19.5 Å². The molecule has 2 N–H and O–H groups in total. The number of aryl methyl sites for hydroxylation is 1. The zero-order valence-electron chi connectivity index (χ0n) is 20.2. The molecular formula is C27H33N5O2. The minimum absolute atomic E-state index is 0.00903. The van der Waals surface area contributed by atoms with E-state index in [0.717, 1.165) is 42.6 Å². The molecule has 1 fully saturated rings. The van der Waals surface area contributed by atoms with E-state index in [-0.39, 0.29) is 17.9 Å². The third-order valence-electron chi connectivity index (χ3n) is 6.36. The van der Waals surface area contributed by atoms with E-state index in [0.29, 0.717) is 23.6 Å². The maximum Gasteiger partial charge on any atom is 0.255 e. The third-order valence-corrected chi connectivity index (χ3v) is 6.36. The van der Waals surface area contributed by atoms with Crippen LogP contribution >= 0.6 is 0 Å². The maximum absolute atomic E-state index is 12.6. The average Bonchev–Trinajstić information content (AvgIpc) is 2.81. The number of benzene rings is 1. The summed E-state index contributed by atoms with van der Waals surface area (Å²) in [5.74, 6) is 1.74. The van der Waals surface area contributed by atoms with Gasteiger partial charge in [0.1, 0.15) is 5.82 Å². The van der Waals surface area contributed by atoms with E-state index in [1.165, 1.54) is 12.0 Å². The van der Waals surface area contributed by atoms with E-state index in [9.17, 15) is 9.59 Å². The first-order chi connectivity index (χ1) is 16.4. The van der Waals surface area contributed by atoms with E-state index in [1.807, 2.05) is 6.07 Å². The molecule has 4 rings (SSSR count). The first-order valence-corrected chi connectivity index (χ1v) is 11.9. The highest BCUT2D eigenvalue weighted by molar-refractivity contribution is 5.78. The molecule has 0 aliphatic carbocycles. The van der Waals surface area contributed by atoms with Gasteiger partial charge in [-0.2, -0.15) is 0 Å². The molecule has 1 aliphatic heterocycles. The molecule has 3 aromatic rings. The van der Waals surface area contributed by atoms with Crippen LogP contribution < -0.4 is 10.9 Å². The zero-order chi connectivity index (χ0) is 24.1. The summed E-state index contributed by atoms with van der Waals surface area (Å²) >= 11 is 0. The summed E-state index contributed by atoms with van der Waals surface area (Å²) in [5, 5.41) is 2.92. The second-order valence-electron chi connectivity index (χ2n) is 9.63. The Morgan fingerprint density at radius 1 is 1.12 bits per heavy atom. The van der Waals surface area contributed by atoms with Crippen molar-refractivity contribution >= 4 is 5.91 Å². The summed E-state index contributed by atoms with van der Waals surface area (Å²) in [7, 11) is 0. The van der Waals surface area contributed by atoms with Gasteiger partial charge in [0.25, 0.3) is 5.56 Å². The van der Waals surface area contributed by atoms with Crippen LogP contribution in [0.1, 0.15) is 42.7 Å². The topological polar surface area (TPSA) is 91.0 Å². The third kappa shape index (κ3) is 6.17. The van der Waals surface area contributed by atoms with Gasteiger partial charge < -0.3 is 10.3 Å². The van der Waals surface area contributed by atoms with Crippen LogP contribution in [0, 0.1) is 18.8 Å². The fraction of sp³-hybridized carbons (Fsp3) is 0.407. The van der Waals surface area contributed by atoms with Crippen molar-refractivity contribution in [1.82, 2.24) is 25.2 Å². The monoisotopic (exact) mass is 459 g/mol. The predicted molar refractivity (Wildman–Crippen MR) is 133 cm³/mol. The second kappa shape index (κ2) is 10.7. The van der Waals surface area contributed by atoms with Crippen LogP contribution in [0.25, 0.3) is 11.4 Å². The minimum atomic E-state index is -0.299. The number of aromatic nitrogens is 3. The predicted octanol–water partition coefficient (Wildman–Crippen LogP) is 3.48. The largest absolute Gasteiger partial charge is 0.352 e. The minimum Gasteiger partial charge on any atom is -0.352 e. The lowest BCUT2D eigenvalue weighted by Gasteiger charge is -2.35. The normalized spacial score (nSPS) is 18.6. The van der Waals surface area contributed by atoms with Crippen LogP contribution in [0.3, 0.4) is 0 Å². The van der Waals surface area contributed by atoms with Gasteiger partial charge in [0.05, 0.1) is 6.42 Å². The number of hydrogen-bond donors (Lipinski definition) is 2. The molecule has 1 amide bonds. The molecule has 3 heterocycles. The second-order valence-corrected chi connectivity index (χ2v) is 9.63. The van der Waals surface area contributed by atoms with Crippen molar-refractivity contribution in [3.05, 3.63) is 81.5 Å². The van der Waals surface area contributed by atoms with Crippen LogP contribution in [0.5, 0.6) is 0 Å². The van der Waals surface area contributed by atoms with Crippen molar-refractivity contribution in [3.63, 3.8) is 0 Å². The summed E-state index contributed by atoms with van der Waals surface area (Å²) in [6.45, 7) is 10.1. The highest BCUT2D eigenvalue weighted by Crippen LogP contribution is 2.22. The molecule has 0 bridgehead atoms. The van der Waals surface area contributed by atoms with Gasteiger partial charge in [-0.25, -0.2) is 4.98 Å². The lowest BCUT2D eigenvalue weighted by atomic mass is 9.91. The van der Waals surface area contributed by atoms with Crippen LogP contribution in [0.15, 0.2) is 53.6 Å². The molecule has 1 saturated heterocycles. The summed E-state index contributed by atoms with van der Waals surface area (Å²) in [5.41, 5.74) is 3.68. The molecule has 1 aliphatic rings. The van der Waals surface area contributed by atoms with Crippen LogP contribution in [0.2, 0.25) is 0 Å². The lowest BCUT2D eigenvalue weighted by Crippen LogP contribution is -2.38. The molecule has 34 heavy (non-hydrogen) atoms. The highest BCUT2D eigenvalue weighted by atomic mass is 16.2. The van der Waals surface area contributed by atoms with Gasteiger partial charge in [-0.15, -0.1) is 0 Å². The highest BCUT2D eigenvalue weighted by Gasteiger charge is 2.21. The Morgan fingerprint density at radius 3 is 2.47 bits per heavy atom. The van der Waals surface area contributed by atoms with Crippen molar-refractivity contribution in [2.24, 2.45) is 11.8 Å². The number of carbonyl (C=O) groups is 1. The van der Waals surface area contributed by atoms with Crippen molar-refractivity contribution < 1.29 is 4.79 Å². The lowest BCUT2D eigenvalue weighted by molar-refractivity contribution is -0.120. The number of piperidine rings is 1. The molecular weight excluding hydrogens is 426 g/mol. The van der Waals surface area contributed by atoms with Gasteiger partial charge in [0, 0.05) is 55.4 Å². The Balaban J connectivity index is 1.31. The first-order valence-electron chi connectivity index (χ1n) is 11.9. The van der Waals surface area contributed by atoms with Crippen molar-refractivity contribution in [2.45, 2.75) is 46.7 Å². The number of H-pyrrole nitrogens is 1. The molecule has 2 aromatic heterocycles. The Bertz CT molecular complexity index is 1160. The van der Waals surface area contributed by atoms with E-state index < -0.39 is 0 Å². The van der Waals surface area contributed by atoms with Crippen molar-refractivity contribution in [3.8, 4) is 11.4 Å². The Hall–Kier alpha value is -3.32. The van der Waals surface area contributed by atoms with Gasteiger partial charge in [-0.05, 0) is 48.4 Å². The standard InChI is InChI=1S/C27H33N5O2/c1-18-11-19(2)16-32(15-18)17-22-8-6-21(7-9-22)13-29-25(33)12-24-20(3)30-26(31-27(24)34)23-5-4-10-28-14-23/h4-10,14,18-19H,11-13,15-17H2,1-3H3,(H,29,33)(H,30,31,34). The van der Waals surface area contributed by atoms with Crippen LogP contribution in [-0.2, 0) is 24.3 Å². The maximum atomic E-state index is 12.6. The fourth-order valence-corrected chi connectivity index (χ4v) is 4.82. The molecule has 178 valence electrons. The molecule has 2 atom stereocenters. The number of aromatic amines is 1. The number of likely N-dealkylation sites (tertiary alicyclic amines) is 1. The van der Waals surface area contributed by atoms with Crippen molar-refractivity contribution in [2.75, 3.05) is 13.1 Å². The Labute approximate surface area is 200 Å². The van der Waals surface area contributed by atoms with E-state index >= 15 is 0 Å². The smallest absolute Gasteiger partial charge is 0.255 e. The number of carbonyl (C=O) groups excluding carboxylic acids is 1. The van der Waals surface area contributed by atoms with Gasteiger partial charge in [0.15, 0.2) is 0 Å². The molecule has 0 radical (unpaired) electrons. The summed E-state index contributed by atoms with van der Waals surface area (Å²) in [4.78, 5) is 38.9. The molecule has 1 aromatic carbocycles. The number of nitrogens with zero attached hydrogens (tertiary/aromatic N) is 3. The average molecular weight is 460 g/mol. The molecule has 7 heteroatoms. The number of rotatable bonds is 7. The van der Waals surface area contributed by atoms with Gasteiger partial charge >= 0.3 is 0 Å².